The summed E-state index contributed by atoms with van der Waals surface area (Å²) < 4.78 is 48.5. The van der Waals surface area contributed by atoms with E-state index in [2.05, 4.69) is 10.6 Å². The van der Waals surface area contributed by atoms with E-state index in [1.54, 1.807) is 0 Å². The van der Waals surface area contributed by atoms with Gasteiger partial charge in [-0.2, -0.15) is 13.2 Å². The molecule has 0 atom stereocenters. The summed E-state index contributed by atoms with van der Waals surface area (Å²) in [6, 6.07) is 1.85. The Morgan fingerprint density at radius 1 is 1.24 bits per heavy atom. The van der Waals surface area contributed by atoms with Gasteiger partial charge in [-0.3, -0.25) is 0 Å². The maximum Gasteiger partial charge on any atom is 0.389 e. The molecule has 0 aliphatic heterocycles. The van der Waals surface area contributed by atoms with Crippen LogP contribution >= 0.6 is 0 Å². The first-order valence-electron chi connectivity index (χ1n) is 5.83. The smallest absolute Gasteiger partial charge is 0.389 e. The van der Waals surface area contributed by atoms with Crippen LogP contribution in [-0.2, 0) is 0 Å². The van der Waals surface area contributed by atoms with Crippen LogP contribution in [0.25, 0.3) is 0 Å². The third-order valence-electron chi connectivity index (χ3n) is 2.38. The van der Waals surface area contributed by atoms with Gasteiger partial charge in [0.15, 0.2) is 0 Å². The molecule has 0 heterocycles. The Hall–Kier alpha value is -2.32. The summed E-state index contributed by atoms with van der Waals surface area (Å²) in [5.74, 6) is -2.23. The van der Waals surface area contributed by atoms with Gasteiger partial charge in [-0.15, -0.1) is 0 Å². The van der Waals surface area contributed by atoms with Gasteiger partial charge >= 0.3 is 18.2 Å². The second-order valence-electron chi connectivity index (χ2n) is 4.09. The summed E-state index contributed by atoms with van der Waals surface area (Å²) in [6.45, 7) is -0.227. The lowest BCUT2D eigenvalue weighted by molar-refractivity contribution is -0.135. The van der Waals surface area contributed by atoms with Gasteiger partial charge in [0, 0.05) is 13.0 Å². The largest absolute Gasteiger partial charge is 0.478 e. The number of anilines is 1. The molecule has 0 radical (unpaired) electrons. The van der Waals surface area contributed by atoms with Crippen LogP contribution in [0.15, 0.2) is 18.2 Å². The van der Waals surface area contributed by atoms with Crippen LogP contribution in [0.1, 0.15) is 23.2 Å². The van der Waals surface area contributed by atoms with Crippen LogP contribution < -0.4 is 10.6 Å². The summed E-state index contributed by atoms with van der Waals surface area (Å²) in [5.41, 5.74) is -0.613. The Bertz CT molecular complexity index is 532. The van der Waals surface area contributed by atoms with Gasteiger partial charge in [0.1, 0.15) is 5.82 Å². The number of rotatable bonds is 5. The van der Waals surface area contributed by atoms with Crippen molar-refractivity contribution in [2.24, 2.45) is 0 Å². The topological polar surface area (TPSA) is 78.4 Å². The Kier molecular flexibility index (Phi) is 5.51. The maximum atomic E-state index is 12.9. The van der Waals surface area contributed by atoms with E-state index in [0.29, 0.717) is 0 Å². The number of hydrogen-bond acceptors (Lipinski definition) is 2. The average molecular weight is 308 g/mol. The molecule has 0 spiro atoms. The highest BCUT2D eigenvalue weighted by molar-refractivity contribution is 5.99. The summed E-state index contributed by atoms with van der Waals surface area (Å²) in [4.78, 5) is 22.3. The number of carbonyl (C=O) groups excluding carboxylic acids is 1. The molecule has 2 amide bonds. The van der Waals surface area contributed by atoms with Crippen LogP contribution in [0.4, 0.5) is 28.0 Å². The van der Waals surface area contributed by atoms with Crippen LogP contribution in [0.3, 0.4) is 0 Å². The number of nitrogens with one attached hydrogen (secondary N) is 2. The second-order valence-corrected chi connectivity index (χ2v) is 4.09. The Morgan fingerprint density at radius 3 is 2.48 bits per heavy atom. The molecule has 0 saturated heterocycles. The van der Waals surface area contributed by atoms with Gasteiger partial charge in [0.2, 0.25) is 0 Å². The first kappa shape index (κ1) is 16.7. The molecule has 0 aromatic heterocycles. The molecule has 3 N–H and O–H groups in total. The fourth-order valence-corrected chi connectivity index (χ4v) is 1.46. The van der Waals surface area contributed by atoms with Gasteiger partial charge in [-0.25, -0.2) is 14.0 Å². The molecule has 0 aliphatic carbocycles. The van der Waals surface area contributed by atoms with Gasteiger partial charge in [0.05, 0.1) is 11.3 Å². The zero-order chi connectivity index (χ0) is 16.0. The predicted octanol–water partition coefficient (Wildman–Crippen LogP) is 2.99. The van der Waals surface area contributed by atoms with Gasteiger partial charge in [-0.1, -0.05) is 0 Å². The molecule has 0 fully saturated rings. The molecule has 1 rings (SSSR count). The number of alkyl halides is 3. The number of urea groups is 1. The summed E-state index contributed by atoms with van der Waals surface area (Å²) in [6.07, 6.45) is -5.64. The van der Waals surface area contributed by atoms with Crippen molar-refractivity contribution in [2.75, 3.05) is 11.9 Å². The van der Waals surface area contributed by atoms with Crippen molar-refractivity contribution in [3.63, 3.8) is 0 Å². The number of hydrogen-bond donors (Lipinski definition) is 3. The first-order valence-corrected chi connectivity index (χ1v) is 5.83. The molecule has 0 bridgehead atoms. The standard InChI is InChI=1S/C12H12F4N2O3/c13-7-2-3-9(8(6-7)10(19)20)18-11(21)17-5-1-4-12(14,15)16/h2-3,6H,1,4-5H2,(H,19,20)(H2,17,18,21). The van der Waals surface area contributed by atoms with Crippen LogP contribution in [0.5, 0.6) is 0 Å². The van der Waals surface area contributed by atoms with Gasteiger partial charge in [-0.05, 0) is 24.6 Å². The summed E-state index contributed by atoms with van der Waals surface area (Å²) in [7, 11) is 0. The molecular formula is C12H12F4N2O3. The molecule has 0 unspecified atom stereocenters. The number of amides is 2. The monoisotopic (exact) mass is 308 g/mol. The van der Waals surface area contributed by atoms with Crippen molar-refractivity contribution < 1.29 is 32.3 Å². The minimum atomic E-state index is -4.30. The van der Waals surface area contributed by atoms with E-state index in [-0.39, 0.29) is 18.7 Å². The van der Waals surface area contributed by atoms with Crippen LogP contribution in [0.2, 0.25) is 0 Å². The number of halogens is 4. The molecule has 9 heteroatoms. The molecule has 116 valence electrons. The highest BCUT2D eigenvalue weighted by atomic mass is 19.4. The second kappa shape index (κ2) is 6.91. The first-order chi connectivity index (χ1) is 9.69. The van der Waals surface area contributed by atoms with Crippen molar-refractivity contribution in [1.82, 2.24) is 5.32 Å². The van der Waals surface area contributed by atoms with Crippen molar-refractivity contribution in [3.05, 3.63) is 29.6 Å². The number of carboxylic acid groups (broad SMARTS) is 1. The van der Waals surface area contributed by atoms with E-state index in [1.165, 1.54) is 0 Å². The van der Waals surface area contributed by atoms with Crippen LogP contribution in [-0.4, -0.2) is 29.8 Å². The lowest BCUT2D eigenvalue weighted by Crippen LogP contribution is -2.30. The van der Waals surface area contributed by atoms with Gasteiger partial charge in [0.25, 0.3) is 0 Å². The Labute approximate surface area is 117 Å². The minimum absolute atomic E-state index is 0.155. The van der Waals surface area contributed by atoms with E-state index < -0.39 is 36.0 Å². The lowest BCUT2D eigenvalue weighted by atomic mass is 10.2. The highest BCUT2D eigenvalue weighted by Gasteiger charge is 2.26. The maximum absolute atomic E-state index is 12.9. The summed E-state index contributed by atoms with van der Waals surface area (Å²) >= 11 is 0. The molecule has 21 heavy (non-hydrogen) atoms. The minimum Gasteiger partial charge on any atom is -0.478 e. The van der Waals surface area contributed by atoms with Gasteiger partial charge < -0.3 is 15.7 Å². The average Bonchev–Trinajstić information content (AvgIpc) is 2.35. The Morgan fingerprint density at radius 2 is 1.90 bits per heavy atom. The number of benzene rings is 1. The number of carbonyl (C=O) groups is 2. The van der Waals surface area contributed by atoms with E-state index in [1.807, 2.05) is 0 Å². The number of carboxylic acids is 1. The molecule has 1 aromatic rings. The van der Waals surface area contributed by atoms with Crippen molar-refractivity contribution in [1.29, 1.82) is 0 Å². The van der Waals surface area contributed by atoms with Crippen LogP contribution in [0, 0.1) is 5.82 Å². The molecule has 0 aliphatic rings. The molecule has 1 aromatic carbocycles. The van der Waals surface area contributed by atoms with E-state index in [0.717, 1.165) is 18.2 Å². The zero-order valence-corrected chi connectivity index (χ0v) is 10.6. The van der Waals surface area contributed by atoms with Crippen molar-refractivity contribution >= 4 is 17.7 Å². The molecular weight excluding hydrogens is 296 g/mol. The number of aromatic carboxylic acids is 1. The van der Waals surface area contributed by atoms with Crippen molar-refractivity contribution in [3.8, 4) is 0 Å². The fraction of sp³-hybridized carbons (Fsp3) is 0.333. The normalized spacial score (nSPS) is 11.0. The fourth-order valence-electron chi connectivity index (χ4n) is 1.46. The molecule has 0 saturated carbocycles. The zero-order valence-electron chi connectivity index (χ0n) is 10.6. The summed E-state index contributed by atoms with van der Waals surface area (Å²) in [5, 5.41) is 13.1. The highest BCUT2D eigenvalue weighted by Crippen LogP contribution is 2.20. The molecule has 5 nitrogen and oxygen atoms in total. The quantitative estimate of drug-likeness (QED) is 0.578. The SMILES string of the molecule is O=C(NCCCC(F)(F)F)Nc1ccc(F)cc1C(=O)O. The third kappa shape index (κ3) is 6.11. The Balaban J connectivity index is 2.54. The van der Waals surface area contributed by atoms with E-state index in [9.17, 15) is 27.2 Å². The predicted molar refractivity (Wildman–Crippen MR) is 65.7 cm³/mol. The van der Waals surface area contributed by atoms with Crippen molar-refractivity contribution in [2.45, 2.75) is 19.0 Å². The lowest BCUT2D eigenvalue weighted by Gasteiger charge is -2.10. The van der Waals surface area contributed by atoms with E-state index >= 15 is 0 Å². The third-order valence-corrected chi connectivity index (χ3v) is 2.38. The van der Waals surface area contributed by atoms with E-state index in [4.69, 9.17) is 5.11 Å².